The number of benzene rings is 1. The molecule has 1 aromatic carbocycles. The summed E-state index contributed by atoms with van der Waals surface area (Å²) in [6.07, 6.45) is 10.9. The maximum atomic E-state index is 4.07. The van der Waals surface area contributed by atoms with E-state index >= 15 is 0 Å². The number of imidazole rings is 1. The van der Waals surface area contributed by atoms with Gasteiger partial charge < -0.3 is 9.88 Å². The lowest BCUT2D eigenvalue weighted by Crippen LogP contribution is -2.14. The van der Waals surface area contributed by atoms with Crippen LogP contribution in [0.3, 0.4) is 0 Å². The van der Waals surface area contributed by atoms with Gasteiger partial charge in [0.05, 0.1) is 6.33 Å². The number of hydrogen-bond acceptors (Lipinski definition) is 2. The van der Waals surface area contributed by atoms with Gasteiger partial charge in [-0.2, -0.15) is 0 Å². The summed E-state index contributed by atoms with van der Waals surface area (Å²) in [5.74, 6) is 0. The first-order valence-corrected chi connectivity index (χ1v) is 6.27. The van der Waals surface area contributed by atoms with Gasteiger partial charge in [0.1, 0.15) is 0 Å². The van der Waals surface area contributed by atoms with Crippen LogP contribution in [0.2, 0.25) is 0 Å². The molecule has 0 saturated heterocycles. The van der Waals surface area contributed by atoms with Crippen molar-refractivity contribution in [3.63, 3.8) is 0 Å². The van der Waals surface area contributed by atoms with Gasteiger partial charge in [0.25, 0.3) is 0 Å². The van der Waals surface area contributed by atoms with Crippen LogP contribution in [0.15, 0.2) is 43.0 Å². The summed E-state index contributed by atoms with van der Waals surface area (Å²) in [7, 11) is 0. The smallest absolute Gasteiger partial charge is 0.0991 e. The molecule has 1 heterocycles. The van der Waals surface area contributed by atoms with Crippen molar-refractivity contribution in [2.45, 2.75) is 31.7 Å². The van der Waals surface area contributed by atoms with Crippen LogP contribution in [0.1, 0.15) is 25.7 Å². The van der Waals surface area contributed by atoms with Crippen LogP contribution in [0, 0.1) is 0 Å². The second-order valence-corrected chi connectivity index (χ2v) is 4.65. The molecule has 1 fully saturated rings. The maximum Gasteiger partial charge on any atom is 0.0991 e. The van der Waals surface area contributed by atoms with E-state index in [1.54, 1.807) is 6.20 Å². The van der Waals surface area contributed by atoms with Gasteiger partial charge in [-0.15, -0.1) is 0 Å². The van der Waals surface area contributed by atoms with Crippen molar-refractivity contribution < 1.29 is 0 Å². The van der Waals surface area contributed by atoms with Crippen LogP contribution in [0.5, 0.6) is 0 Å². The highest BCUT2D eigenvalue weighted by Crippen LogP contribution is 2.23. The highest BCUT2D eigenvalue weighted by atomic mass is 15.0. The average molecular weight is 227 g/mol. The minimum absolute atomic E-state index is 0.660. The van der Waals surface area contributed by atoms with Crippen molar-refractivity contribution in [1.29, 1.82) is 0 Å². The molecule has 0 spiro atoms. The lowest BCUT2D eigenvalue weighted by molar-refractivity contribution is 0.755. The molecule has 0 aliphatic heterocycles. The minimum Gasteiger partial charge on any atom is -0.382 e. The molecule has 2 aromatic rings. The van der Waals surface area contributed by atoms with Gasteiger partial charge in [0.2, 0.25) is 0 Å². The Hall–Kier alpha value is -1.77. The zero-order chi connectivity index (χ0) is 11.5. The molecule has 1 aromatic heterocycles. The monoisotopic (exact) mass is 227 g/mol. The Kier molecular flexibility index (Phi) is 2.82. The molecule has 0 bridgehead atoms. The van der Waals surface area contributed by atoms with E-state index in [-0.39, 0.29) is 0 Å². The summed E-state index contributed by atoms with van der Waals surface area (Å²) in [4.78, 5) is 4.07. The summed E-state index contributed by atoms with van der Waals surface area (Å²) in [6.45, 7) is 0. The molecule has 17 heavy (non-hydrogen) atoms. The standard InChI is InChI=1S/C14H17N3/c1-2-5-12(4-1)16-13-6-3-7-14(10-13)17-9-8-15-11-17/h3,6-12,16H,1-2,4-5H2. The fourth-order valence-electron chi connectivity index (χ4n) is 2.47. The van der Waals surface area contributed by atoms with Crippen LogP contribution in [-0.4, -0.2) is 15.6 Å². The van der Waals surface area contributed by atoms with Gasteiger partial charge in [-0.1, -0.05) is 18.9 Å². The van der Waals surface area contributed by atoms with Crippen LogP contribution < -0.4 is 5.32 Å². The Morgan fingerprint density at radius 3 is 2.88 bits per heavy atom. The first kappa shape index (κ1) is 10.4. The molecule has 3 nitrogen and oxygen atoms in total. The molecule has 1 aliphatic rings. The van der Waals surface area contributed by atoms with E-state index in [2.05, 4.69) is 34.6 Å². The average Bonchev–Trinajstić information content (AvgIpc) is 3.01. The third kappa shape index (κ3) is 2.33. The number of aromatic nitrogens is 2. The van der Waals surface area contributed by atoms with Crippen LogP contribution >= 0.6 is 0 Å². The van der Waals surface area contributed by atoms with Gasteiger partial charge >= 0.3 is 0 Å². The van der Waals surface area contributed by atoms with E-state index in [0.29, 0.717) is 6.04 Å². The third-order valence-corrected chi connectivity index (χ3v) is 3.37. The van der Waals surface area contributed by atoms with E-state index in [9.17, 15) is 0 Å². The molecule has 3 rings (SSSR count). The zero-order valence-electron chi connectivity index (χ0n) is 9.84. The first-order chi connectivity index (χ1) is 8.42. The predicted octanol–water partition coefficient (Wildman–Crippen LogP) is 3.23. The predicted molar refractivity (Wildman–Crippen MR) is 69.4 cm³/mol. The van der Waals surface area contributed by atoms with E-state index < -0.39 is 0 Å². The molecule has 0 radical (unpaired) electrons. The second kappa shape index (κ2) is 4.62. The quantitative estimate of drug-likeness (QED) is 0.872. The van der Waals surface area contributed by atoms with Crippen molar-refractivity contribution in [1.82, 2.24) is 9.55 Å². The molecule has 88 valence electrons. The zero-order valence-corrected chi connectivity index (χ0v) is 9.84. The second-order valence-electron chi connectivity index (χ2n) is 4.65. The summed E-state index contributed by atoms with van der Waals surface area (Å²) in [5.41, 5.74) is 2.37. The van der Waals surface area contributed by atoms with Gasteiger partial charge in [-0.05, 0) is 31.0 Å². The molecule has 1 saturated carbocycles. The topological polar surface area (TPSA) is 29.9 Å². The summed E-state index contributed by atoms with van der Waals surface area (Å²) in [5, 5.41) is 3.61. The van der Waals surface area contributed by atoms with Crippen molar-refractivity contribution in [2.24, 2.45) is 0 Å². The van der Waals surface area contributed by atoms with Crippen molar-refractivity contribution >= 4 is 5.69 Å². The normalized spacial score (nSPS) is 16.2. The number of nitrogens with zero attached hydrogens (tertiary/aromatic N) is 2. The summed E-state index contributed by atoms with van der Waals surface area (Å²) >= 11 is 0. The number of hydrogen-bond donors (Lipinski definition) is 1. The summed E-state index contributed by atoms with van der Waals surface area (Å²) < 4.78 is 2.03. The Morgan fingerprint density at radius 1 is 1.24 bits per heavy atom. The third-order valence-electron chi connectivity index (χ3n) is 3.37. The Bertz CT molecular complexity index is 470. The van der Waals surface area contributed by atoms with Gasteiger partial charge in [-0.3, -0.25) is 0 Å². The Balaban J connectivity index is 1.79. The SMILES string of the molecule is c1cc(NC2CCCC2)cc(-n2ccnc2)c1. The highest BCUT2D eigenvalue weighted by molar-refractivity contribution is 5.51. The molecular weight excluding hydrogens is 210 g/mol. The van der Waals surface area contributed by atoms with Crippen LogP contribution in [-0.2, 0) is 0 Å². The van der Waals surface area contributed by atoms with Crippen LogP contribution in [0.25, 0.3) is 5.69 Å². The van der Waals surface area contributed by atoms with Crippen molar-refractivity contribution in [2.75, 3.05) is 5.32 Å². The lowest BCUT2D eigenvalue weighted by atomic mass is 10.2. The van der Waals surface area contributed by atoms with E-state index in [1.165, 1.54) is 31.4 Å². The lowest BCUT2D eigenvalue weighted by Gasteiger charge is -2.14. The first-order valence-electron chi connectivity index (χ1n) is 6.27. The fourth-order valence-corrected chi connectivity index (χ4v) is 2.47. The van der Waals surface area contributed by atoms with Gasteiger partial charge in [-0.25, -0.2) is 4.98 Å². The van der Waals surface area contributed by atoms with Crippen molar-refractivity contribution in [3.05, 3.63) is 43.0 Å². The number of rotatable bonds is 3. The molecule has 1 N–H and O–H groups in total. The fraction of sp³-hybridized carbons (Fsp3) is 0.357. The Morgan fingerprint density at radius 2 is 2.12 bits per heavy atom. The number of anilines is 1. The van der Waals surface area contributed by atoms with E-state index in [4.69, 9.17) is 0 Å². The summed E-state index contributed by atoms with van der Waals surface area (Å²) in [6, 6.07) is 9.17. The van der Waals surface area contributed by atoms with E-state index in [0.717, 1.165) is 5.69 Å². The highest BCUT2D eigenvalue weighted by Gasteiger charge is 2.14. The minimum atomic E-state index is 0.660. The largest absolute Gasteiger partial charge is 0.382 e. The molecule has 0 unspecified atom stereocenters. The number of nitrogens with one attached hydrogen (secondary N) is 1. The van der Waals surface area contributed by atoms with Crippen LogP contribution in [0.4, 0.5) is 5.69 Å². The molecule has 1 aliphatic carbocycles. The Labute approximate surface area is 101 Å². The van der Waals surface area contributed by atoms with Gasteiger partial charge in [0.15, 0.2) is 0 Å². The van der Waals surface area contributed by atoms with Gasteiger partial charge in [0, 0.05) is 29.8 Å². The molecule has 0 amide bonds. The molecular formula is C14H17N3. The molecule has 3 heteroatoms. The maximum absolute atomic E-state index is 4.07. The molecule has 0 atom stereocenters. The van der Waals surface area contributed by atoms with E-state index in [1.807, 2.05) is 17.1 Å². The van der Waals surface area contributed by atoms with Crippen molar-refractivity contribution in [3.8, 4) is 5.69 Å².